The van der Waals surface area contributed by atoms with Crippen molar-refractivity contribution in [3.05, 3.63) is 23.5 Å². The van der Waals surface area contributed by atoms with E-state index in [9.17, 15) is 8.42 Å². The first-order valence-electron chi connectivity index (χ1n) is 7.34. The lowest BCUT2D eigenvalue weighted by atomic mass is 9.73. The zero-order chi connectivity index (χ0) is 14.9. The van der Waals surface area contributed by atoms with E-state index in [4.69, 9.17) is 11.6 Å². The minimum Gasteiger partial charge on any atom is -0.317 e. The number of rotatable bonds is 2. The highest BCUT2D eigenvalue weighted by atomic mass is 35.5. The zero-order valence-electron chi connectivity index (χ0n) is 11.9. The van der Waals surface area contributed by atoms with Crippen LogP contribution in [-0.2, 0) is 10.0 Å². The van der Waals surface area contributed by atoms with E-state index in [-0.39, 0.29) is 10.3 Å². The van der Waals surface area contributed by atoms with Crippen molar-refractivity contribution in [2.45, 2.75) is 30.6 Å². The van der Waals surface area contributed by atoms with E-state index in [2.05, 4.69) is 10.3 Å². The molecule has 0 unspecified atom stereocenters. The molecule has 0 saturated carbocycles. The van der Waals surface area contributed by atoms with Crippen molar-refractivity contribution in [1.29, 1.82) is 0 Å². The predicted molar refractivity (Wildman–Crippen MR) is 81.8 cm³/mol. The van der Waals surface area contributed by atoms with Crippen molar-refractivity contribution in [3.63, 3.8) is 0 Å². The van der Waals surface area contributed by atoms with Gasteiger partial charge in [-0.25, -0.2) is 13.4 Å². The summed E-state index contributed by atoms with van der Waals surface area (Å²) in [5.74, 6) is 0. The number of nitrogens with one attached hydrogen (secondary N) is 1. The van der Waals surface area contributed by atoms with Gasteiger partial charge in [-0.3, -0.25) is 0 Å². The number of hydrogen-bond acceptors (Lipinski definition) is 4. The molecule has 3 rings (SSSR count). The molecule has 7 heteroatoms. The Bertz CT molecular complexity index is 592. The smallest absolute Gasteiger partial charge is 0.244 e. The van der Waals surface area contributed by atoms with Gasteiger partial charge in [-0.2, -0.15) is 4.31 Å². The molecular weight excluding hydrogens is 310 g/mol. The van der Waals surface area contributed by atoms with E-state index < -0.39 is 10.0 Å². The SMILES string of the molecule is O=S(=O)(c1ccc(Cl)nc1)N1CCCC2(CCNCC2)C1. The second-order valence-electron chi connectivity index (χ2n) is 6.01. The van der Waals surface area contributed by atoms with Crippen LogP contribution in [0.4, 0.5) is 0 Å². The normalized spacial score (nSPS) is 23.3. The first-order valence-corrected chi connectivity index (χ1v) is 9.16. The fraction of sp³-hybridized carbons (Fsp3) is 0.643. The average Bonchev–Trinajstić information content (AvgIpc) is 2.48. The summed E-state index contributed by atoms with van der Waals surface area (Å²) in [7, 11) is -3.46. The second kappa shape index (κ2) is 5.83. The fourth-order valence-electron chi connectivity index (χ4n) is 3.40. The first kappa shape index (κ1) is 15.2. The van der Waals surface area contributed by atoms with E-state index in [1.165, 1.54) is 18.3 Å². The van der Waals surface area contributed by atoms with E-state index in [0.29, 0.717) is 18.2 Å². The van der Waals surface area contributed by atoms with Gasteiger partial charge < -0.3 is 5.32 Å². The van der Waals surface area contributed by atoms with Gasteiger partial charge in [0, 0.05) is 19.3 Å². The Morgan fingerprint density at radius 3 is 2.67 bits per heavy atom. The number of hydrogen-bond donors (Lipinski definition) is 1. The summed E-state index contributed by atoms with van der Waals surface area (Å²) in [6.07, 6.45) is 5.51. The Hall–Kier alpha value is -0.690. The zero-order valence-corrected chi connectivity index (χ0v) is 13.5. The fourth-order valence-corrected chi connectivity index (χ4v) is 5.05. The third-order valence-corrected chi connectivity index (χ3v) is 6.68. The number of sulfonamides is 1. The van der Waals surface area contributed by atoms with Crippen LogP contribution in [0.2, 0.25) is 5.15 Å². The van der Waals surface area contributed by atoms with Crippen molar-refractivity contribution < 1.29 is 8.42 Å². The lowest BCUT2D eigenvalue weighted by Crippen LogP contribution is -2.50. The van der Waals surface area contributed by atoms with Crippen molar-refractivity contribution in [2.24, 2.45) is 5.41 Å². The Morgan fingerprint density at radius 2 is 2.00 bits per heavy atom. The number of aromatic nitrogens is 1. The number of piperidine rings is 2. The molecule has 0 aliphatic carbocycles. The largest absolute Gasteiger partial charge is 0.317 e. The molecule has 0 atom stereocenters. The molecule has 2 aliphatic heterocycles. The van der Waals surface area contributed by atoms with Crippen molar-refractivity contribution in [2.75, 3.05) is 26.2 Å². The molecule has 1 aromatic rings. The van der Waals surface area contributed by atoms with Gasteiger partial charge in [0.15, 0.2) is 0 Å². The van der Waals surface area contributed by atoms with Crippen LogP contribution >= 0.6 is 11.6 Å². The number of pyridine rings is 1. The third-order valence-electron chi connectivity index (χ3n) is 4.63. The molecule has 5 nitrogen and oxygen atoms in total. The molecular formula is C14H20ClN3O2S. The number of nitrogens with zero attached hydrogens (tertiary/aromatic N) is 2. The van der Waals surface area contributed by atoms with Gasteiger partial charge >= 0.3 is 0 Å². The van der Waals surface area contributed by atoms with Crippen LogP contribution in [0, 0.1) is 5.41 Å². The number of halogens is 1. The van der Waals surface area contributed by atoms with Crippen molar-refractivity contribution in [3.8, 4) is 0 Å². The van der Waals surface area contributed by atoms with Crippen LogP contribution in [-0.4, -0.2) is 43.9 Å². The van der Waals surface area contributed by atoms with Gasteiger partial charge in [0.1, 0.15) is 10.0 Å². The quantitative estimate of drug-likeness (QED) is 0.842. The Morgan fingerprint density at radius 1 is 1.24 bits per heavy atom. The summed E-state index contributed by atoms with van der Waals surface area (Å²) < 4.78 is 27.1. The minimum atomic E-state index is -3.46. The van der Waals surface area contributed by atoms with Crippen LogP contribution in [0.3, 0.4) is 0 Å². The molecule has 2 fully saturated rings. The maximum absolute atomic E-state index is 12.8. The van der Waals surface area contributed by atoms with Gasteiger partial charge in [0.2, 0.25) is 10.0 Å². The Labute approximate surface area is 130 Å². The monoisotopic (exact) mass is 329 g/mol. The summed E-state index contributed by atoms with van der Waals surface area (Å²) in [4.78, 5) is 4.13. The predicted octanol–water partition coefficient (Wildman–Crippen LogP) is 1.89. The summed E-state index contributed by atoms with van der Waals surface area (Å²) in [5, 5.41) is 3.66. The molecule has 0 aromatic carbocycles. The van der Waals surface area contributed by atoms with Gasteiger partial charge in [0.25, 0.3) is 0 Å². The summed E-state index contributed by atoms with van der Waals surface area (Å²) >= 11 is 5.74. The Balaban J connectivity index is 1.83. The molecule has 0 radical (unpaired) electrons. The highest BCUT2D eigenvalue weighted by molar-refractivity contribution is 7.89. The Kier molecular flexibility index (Phi) is 4.23. The van der Waals surface area contributed by atoms with Crippen molar-refractivity contribution in [1.82, 2.24) is 14.6 Å². The topological polar surface area (TPSA) is 62.3 Å². The molecule has 1 aromatic heterocycles. The molecule has 3 heterocycles. The lowest BCUT2D eigenvalue weighted by molar-refractivity contribution is 0.104. The van der Waals surface area contributed by atoms with Gasteiger partial charge in [-0.05, 0) is 56.3 Å². The molecule has 0 bridgehead atoms. The van der Waals surface area contributed by atoms with Crippen LogP contribution in [0.5, 0.6) is 0 Å². The maximum atomic E-state index is 12.8. The third kappa shape index (κ3) is 3.08. The summed E-state index contributed by atoms with van der Waals surface area (Å²) in [5.41, 5.74) is 0.149. The molecule has 2 saturated heterocycles. The molecule has 1 N–H and O–H groups in total. The van der Waals surface area contributed by atoms with Crippen LogP contribution in [0.15, 0.2) is 23.2 Å². The molecule has 0 amide bonds. The minimum absolute atomic E-state index is 0.149. The van der Waals surface area contributed by atoms with Gasteiger partial charge in [-0.15, -0.1) is 0 Å². The highest BCUT2D eigenvalue weighted by Gasteiger charge is 2.40. The van der Waals surface area contributed by atoms with Crippen LogP contribution in [0.25, 0.3) is 0 Å². The standard InChI is InChI=1S/C14H20ClN3O2S/c15-13-3-2-12(10-17-13)21(19,20)18-9-1-4-14(11-18)5-7-16-8-6-14/h2-3,10,16H,1,4-9,11H2. The van der Waals surface area contributed by atoms with E-state index in [0.717, 1.165) is 38.8 Å². The van der Waals surface area contributed by atoms with Gasteiger partial charge in [0.05, 0.1) is 0 Å². The van der Waals surface area contributed by atoms with Crippen molar-refractivity contribution >= 4 is 21.6 Å². The molecule has 1 spiro atoms. The average molecular weight is 330 g/mol. The van der Waals surface area contributed by atoms with Gasteiger partial charge in [-0.1, -0.05) is 11.6 Å². The lowest BCUT2D eigenvalue weighted by Gasteiger charge is -2.44. The molecule has 2 aliphatic rings. The van der Waals surface area contributed by atoms with E-state index in [1.807, 2.05) is 0 Å². The van der Waals surface area contributed by atoms with E-state index in [1.54, 1.807) is 4.31 Å². The van der Waals surface area contributed by atoms with E-state index >= 15 is 0 Å². The second-order valence-corrected chi connectivity index (χ2v) is 8.33. The first-order chi connectivity index (χ1) is 10.0. The van der Waals surface area contributed by atoms with Crippen LogP contribution < -0.4 is 5.32 Å². The summed E-state index contributed by atoms with van der Waals surface area (Å²) in [6.45, 7) is 3.19. The molecule has 21 heavy (non-hydrogen) atoms. The van der Waals surface area contributed by atoms with Crippen LogP contribution in [0.1, 0.15) is 25.7 Å². The molecule has 116 valence electrons. The maximum Gasteiger partial charge on any atom is 0.244 e. The summed E-state index contributed by atoms with van der Waals surface area (Å²) in [6, 6.07) is 3.06. The highest BCUT2D eigenvalue weighted by Crippen LogP contribution is 2.39.